The van der Waals surface area contributed by atoms with Gasteiger partial charge in [-0.1, -0.05) is 47.1 Å². The van der Waals surface area contributed by atoms with E-state index in [-0.39, 0.29) is 18.3 Å². The molecule has 4 rings (SSSR count). The number of hydrogen-bond donors (Lipinski definition) is 0. The van der Waals surface area contributed by atoms with E-state index in [4.69, 9.17) is 32.2 Å². The molecule has 1 aliphatic rings. The zero-order valence-electron chi connectivity index (χ0n) is 21.5. The van der Waals surface area contributed by atoms with Gasteiger partial charge in [0.1, 0.15) is 6.61 Å². The van der Waals surface area contributed by atoms with Gasteiger partial charge in [0, 0.05) is 5.02 Å². The van der Waals surface area contributed by atoms with Gasteiger partial charge in [-0.15, -0.1) is 6.42 Å². The maximum Gasteiger partial charge on any atom is 0.338 e. The Balaban J connectivity index is 1.87. The molecule has 0 unspecified atom stereocenters. The first kappa shape index (κ1) is 27.2. The standard InChI is InChI=1S/C29H27ClN2O5S/c1-6-14-36-22-13-8-19(15-23(22)35-7-2)16-24-27(33)32-26(20-9-11-21(30)12-10-20)25(28(34)37-17(3)4)18(5)31-29(32)38-24/h1,8-13,15-17,26H,7,14H2,2-5H3/b24-16-/t26-/m1/s1. The van der Waals surface area contributed by atoms with Crippen molar-refractivity contribution in [2.75, 3.05) is 13.2 Å². The van der Waals surface area contributed by atoms with E-state index < -0.39 is 12.0 Å². The maximum absolute atomic E-state index is 13.8. The molecule has 0 fully saturated rings. The third-order valence-corrected chi connectivity index (χ3v) is 6.88. The molecule has 7 nitrogen and oxygen atoms in total. The van der Waals surface area contributed by atoms with Crippen LogP contribution < -0.4 is 24.4 Å². The minimum absolute atomic E-state index is 0.115. The minimum Gasteiger partial charge on any atom is -0.490 e. The van der Waals surface area contributed by atoms with E-state index in [0.717, 1.165) is 11.1 Å². The number of terminal acetylenes is 1. The number of esters is 1. The highest BCUT2D eigenvalue weighted by atomic mass is 35.5. The number of aromatic nitrogens is 1. The molecule has 196 valence electrons. The summed E-state index contributed by atoms with van der Waals surface area (Å²) in [6.45, 7) is 7.73. The highest BCUT2D eigenvalue weighted by molar-refractivity contribution is 7.07. The predicted molar refractivity (Wildman–Crippen MR) is 148 cm³/mol. The fourth-order valence-corrected chi connectivity index (χ4v) is 5.27. The molecule has 2 aromatic carbocycles. The first-order valence-corrected chi connectivity index (χ1v) is 13.2. The zero-order valence-corrected chi connectivity index (χ0v) is 23.1. The van der Waals surface area contributed by atoms with Gasteiger partial charge in [0.2, 0.25) is 0 Å². The van der Waals surface area contributed by atoms with Crippen LogP contribution in [0.2, 0.25) is 5.02 Å². The molecule has 0 amide bonds. The van der Waals surface area contributed by atoms with E-state index in [0.29, 0.717) is 43.7 Å². The van der Waals surface area contributed by atoms with E-state index in [1.165, 1.54) is 15.9 Å². The highest BCUT2D eigenvalue weighted by Gasteiger charge is 2.33. The number of thiazole rings is 1. The molecule has 9 heteroatoms. The van der Waals surface area contributed by atoms with Crippen LogP contribution in [0.5, 0.6) is 11.5 Å². The Hall–Kier alpha value is -3.80. The Morgan fingerprint density at radius 3 is 2.61 bits per heavy atom. The van der Waals surface area contributed by atoms with Gasteiger partial charge in [-0.3, -0.25) is 9.36 Å². The number of hydrogen-bond acceptors (Lipinski definition) is 7. The second-order valence-corrected chi connectivity index (χ2v) is 10.2. The van der Waals surface area contributed by atoms with Gasteiger partial charge in [0.25, 0.3) is 5.56 Å². The van der Waals surface area contributed by atoms with Crippen LogP contribution in [0.3, 0.4) is 0 Å². The number of rotatable bonds is 8. The van der Waals surface area contributed by atoms with Crippen LogP contribution in [-0.4, -0.2) is 29.9 Å². The van der Waals surface area contributed by atoms with Gasteiger partial charge in [0.15, 0.2) is 16.3 Å². The molecule has 0 aliphatic carbocycles. The molecule has 1 aromatic heterocycles. The number of fused-ring (bicyclic) bond motifs is 1. The van der Waals surface area contributed by atoms with E-state index in [2.05, 4.69) is 10.9 Å². The van der Waals surface area contributed by atoms with E-state index in [1.807, 2.05) is 13.0 Å². The van der Waals surface area contributed by atoms with Gasteiger partial charge < -0.3 is 14.2 Å². The zero-order chi connectivity index (χ0) is 27.4. The van der Waals surface area contributed by atoms with Crippen LogP contribution in [0.25, 0.3) is 6.08 Å². The van der Waals surface area contributed by atoms with Crippen molar-refractivity contribution in [3.63, 3.8) is 0 Å². The molecule has 38 heavy (non-hydrogen) atoms. The first-order valence-electron chi connectivity index (χ1n) is 12.1. The smallest absolute Gasteiger partial charge is 0.338 e. The van der Waals surface area contributed by atoms with Crippen molar-refractivity contribution in [3.05, 3.63) is 89.6 Å². The maximum atomic E-state index is 13.8. The molecule has 0 saturated heterocycles. The summed E-state index contributed by atoms with van der Waals surface area (Å²) < 4.78 is 18.8. The van der Waals surface area contributed by atoms with Crippen molar-refractivity contribution in [2.24, 2.45) is 4.99 Å². The van der Waals surface area contributed by atoms with E-state index in [9.17, 15) is 9.59 Å². The Bertz CT molecular complexity index is 1610. The Morgan fingerprint density at radius 1 is 1.21 bits per heavy atom. The third-order valence-electron chi connectivity index (χ3n) is 5.65. The second kappa shape index (κ2) is 11.7. The minimum atomic E-state index is -0.713. The fraction of sp³-hybridized carbons (Fsp3) is 0.276. The van der Waals surface area contributed by atoms with Crippen molar-refractivity contribution < 1.29 is 19.0 Å². The van der Waals surface area contributed by atoms with Crippen LogP contribution in [0.4, 0.5) is 0 Å². The third kappa shape index (κ3) is 5.69. The van der Waals surface area contributed by atoms with E-state index in [1.54, 1.807) is 63.2 Å². The Kier molecular flexibility index (Phi) is 8.40. The van der Waals surface area contributed by atoms with Crippen molar-refractivity contribution in [2.45, 2.75) is 39.8 Å². The fourth-order valence-electron chi connectivity index (χ4n) is 4.09. The van der Waals surface area contributed by atoms with Crippen LogP contribution in [0.1, 0.15) is 44.9 Å². The Morgan fingerprint density at radius 2 is 1.95 bits per heavy atom. The quantitative estimate of drug-likeness (QED) is 0.309. The molecule has 0 radical (unpaired) electrons. The lowest BCUT2D eigenvalue weighted by molar-refractivity contribution is -0.143. The number of ether oxygens (including phenoxy) is 3. The Labute approximate surface area is 229 Å². The summed E-state index contributed by atoms with van der Waals surface area (Å²) in [6, 6.07) is 11.7. The summed E-state index contributed by atoms with van der Waals surface area (Å²) in [6.07, 6.45) is 6.75. The largest absolute Gasteiger partial charge is 0.490 e. The predicted octanol–water partition coefficient (Wildman–Crippen LogP) is 4.25. The molecule has 1 aliphatic heterocycles. The van der Waals surface area contributed by atoms with Crippen molar-refractivity contribution in [1.82, 2.24) is 4.57 Å². The number of halogens is 1. The second-order valence-electron chi connectivity index (χ2n) is 8.72. The average molecular weight is 551 g/mol. The average Bonchev–Trinajstić information content (AvgIpc) is 3.17. The van der Waals surface area contributed by atoms with Gasteiger partial charge in [-0.05, 0) is 69.2 Å². The number of allylic oxidation sites excluding steroid dienone is 1. The number of carbonyl (C=O) groups excluding carboxylic acids is 1. The first-order chi connectivity index (χ1) is 18.2. The summed E-state index contributed by atoms with van der Waals surface area (Å²) in [7, 11) is 0. The van der Waals surface area contributed by atoms with Gasteiger partial charge in [-0.25, -0.2) is 9.79 Å². The molecule has 3 aromatic rings. The van der Waals surface area contributed by atoms with Crippen LogP contribution in [0, 0.1) is 12.3 Å². The summed E-state index contributed by atoms with van der Waals surface area (Å²) >= 11 is 7.37. The number of carbonyl (C=O) groups is 1. The summed E-state index contributed by atoms with van der Waals surface area (Å²) in [5, 5.41) is 0.549. The topological polar surface area (TPSA) is 79.1 Å². The highest BCUT2D eigenvalue weighted by Crippen LogP contribution is 2.32. The summed E-state index contributed by atoms with van der Waals surface area (Å²) in [5.74, 6) is 2.97. The monoisotopic (exact) mass is 550 g/mol. The van der Waals surface area contributed by atoms with Crippen LogP contribution in [0.15, 0.2) is 63.5 Å². The lowest BCUT2D eigenvalue weighted by Gasteiger charge is -2.25. The van der Waals surface area contributed by atoms with Gasteiger partial charge >= 0.3 is 5.97 Å². The summed E-state index contributed by atoms with van der Waals surface area (Å²) in [4.78, 5) is 32.1. The molecule has 0 N–H and O–H groups in total. The molecular weight excluding hydrogens is 524 g/mol. The van der Waals surface area contributed by atoms with E-state index >= 15 is 0 Å². The molecular formula is C29H27ClN2O5S. The lowest BCUT2D eigenvalue weighted by Crippen LogP contribution is -2.40. The molecule has 0 bridgehead atoms. The molecule has 0 saturated carbocycles. The van der Waals surface area contributed by atoms with Crippen LogP contribution >= 0.6 is 22.9 Å². The van der Waals surface area contributed by atoms with Crippen molar-refractivity contribution in [3.8, 4) is 23.8 Å². The molecule has 1 atom stereocenters. The normalized spacial score (nSPS) is 15.1. The summed E-state index contributed by atoms with van der Waals surface area (Å²) in [5.41, 5.74) is 2.00. The lowest BCUT2D eigenvalue weighted by atomic mass is 9.96. The van der Waals surface area contributed by atoms with Crippen molar-refractivity contribution in [1.29, 1.82) is 0 Å². The SMILES string of the molecule is C#CCOc1ccc(/C=c2\sc3n(c2=O)[C@H](c2ccc(Cl)cc2)C(C(=O)OC(C)C)=C(C)N=3)cc1OCC. The number of benzene rings is 2. The molecule has 2 heterocycles. The van der Waals surface area contributed by atoms with Gasteiger partial charge in [0.05, 0.1) is 34.6 Å². The van der Waals surface area contributed by atoms with Crippen LogP contribution in [-0.2, 0) is 9.53 Å². The number of nitrogens with zero attached hydrogens (tertiary/aromatic N) is 2. The molecule has 0 spiro atoms. The van der Waals surface area contributed by atoms with Gasteiger partial charge in [-0.2, -0.15) is 0 Å². The van der Waals surface area contributed by atoms with Crippen molar-refractivity contribution >= 4 is 35.0 Å².